The van der Waals surface area contributed by atoms with Crippen LogP contribution in [0.5, 0.6) is 0 Å². The zero-order valence-corrected chi connectivity index (χ0v) is 19.3. The molecule has 6 nitrogen and oxygen atoms in total. The van der Waals surface area contributed by atoms with E-state index in [9.17, 15) is 4.39 Å². The lowest BCUT2D eigenvalue weighted by molar-refractivity contribution is 0.0817. The van der Waals surface area contributed by atoms with Gasteiger partial charge in [0.25, 0.3) is 0 Å². The van der Waals surface area contributed by atoms with Crippen molar-refractivity contribution in [3.8, 4) is 0 Å². The Bertz CT molecular complexity index is 745. The van der Waals surface area contributed by atoms with Gasteiger partial charge in [0.15, 0.2) is 0 Å². The quantitative estimate of drug-likeness (QED) is 0.480. The van der Waals surface area contributed by atoms with Crippen molar-refractivity contribution in [2.24, 2.45) is 15.7 Å². The first-order chi connectivity index (χ1) is 14.6. The van der Waals surface area contributed by atoms with Gasteiger partial charge in [0.05, 0.1) is 5.84 Å². The van der Waals surface area contributed by atoms with Gasteiger partial charge < -0.3 is 15.5 Å². The van der Waals surface area contributed by atoms with Gasteiger partial charge in [-0.3, -0.25) is 4.90 Å². The van der Waals surface area contributed by atoms with Gasteiger partial charge in [0.2, 0.25) is 0 Å². The Labute approximate surface area is 187 Å². The van der Waals surface area contributed by atoms with Crippen molar-refractivity contribution in [2.75, 3.05) is 45.8 Å². The molecule has 1 atom stereocenters. The molecule has 0 spiro atoms. The summed E-state index contributed by atoms with van der Waals surface area (Å²) in [5.41, 5.74) is 6.76. The topological polar surface area (TPSA) is 60.5 Å². The van der Waals surface area contributed by atoms with Crippen molar-refractivity contribution < 1.29 is 4.39 Å². The number of hydrogen-bond acceptors (Lipinski definition) is 4. The largest absolute Gasteiger partial charge is 0.387 e. The van der Waals surface area contributed by atoms with Crippen LogP contribution in [0.25, 0.3) is 0 Å². The normalized spacial score (nSPS) is 21.4. The predicted molar refractivity (Wildman–Crippen MR) is 125 cm³/mol. The molecule has 3 rings (SSSR count). The summed E-state index contributed by atoms with van der Waals surface area (Å²) in [7, 11) is 0. The second-order valence-electron chi connectivity index (χ2n) is 7.93. The third kappa shape index (κ3) is 6.62. The molecule has 1 unspecified atom stereocenters. The maximum absolute atomic E-state index is 13.5. The summed E-state index contributed by atoms with van der Waals surface area (Å²) in [4.78, 5) is 17.6. The average Bonchev–Trinajstić information content (AvgIpc) is 2.77. The summed E-state index contributed by atoms with van der Waals surface area (Å²) in [6.45, 7) is 8.64. The van der Waals surface area contributed by atoms with Crippen LogP contribution in [0.3, 0.4) is 0 Å². The monoisotopic (exact) mass is 478 g/mol. The van der Waals surface area contributed by atoms with Gasteiger partial charge in [-0.15, -0.1) is 0 Å². The Morgan fingerprint density at radius 2 is 1.77 bits per heavy atom. The fourth-order valence-electron chi connectivity index (χ4n) is 4.12. The summed E-state index contributed by atoms with van der Waals surface area (Å²) in [6.07, 6.45) is 5.36. The van der Waals surface area contributed by atoms with E-state index in [0.717, 1.165) is 51.6 Å². The second-order valence-corrected chi connectivity index (χ2v) is 8.39. The molecule has 0 saturated carbocycles. The zero-order valence-electron chi connectivity index (χ0n) is 17.7. The number of amidine groups is 1. The van der Waals surface area contributed by atoms with Crippen LogP contribution in [0.1, 0.15) is 37.8 Å². The van der Waals surface area contributed by atoms with E-state index in [2.05, 4.69) is 40.6 Å². The SMILES string of the molecule is C\C(N)=N/C=N\C(=C\Br)N1CCN(C(CN2CCCCC2)c2ccc(F)cc2)CC1. The van der Waals surface area contributed by atoms with Gasteiger partial charge in [-0.1, -0.05) is 34.5 Å². The fraction of sp³-hybridized carbons (Fsp3) is 0.545. The number of aliphatic imine (C=N–C) groups is 2. The van der Waals surface area contributed by atoms with E-state index < -0.39 is 0 Å². The van der Waals surface area contributed by atoms with E-state index in [1.54, 1.807) is 19.1 Å². The van der Waals surface area contributed by atoms with Gasteiger partial charge in [0.1, 0.15) is 18.0 Å². The highest BCUT2D eigenvalue weighted by Crippen LogP contribution is 2.26. The molecule has 2 saturated heterocycles. The molecule has 2 heterocycles. The van der Waals surface area contributed by atoms with Crippen molar-refractivity contribution in [1.29, 1.82) is 0 Å². The Kier molecular flexibility index (Phi) is 8.84. The molecule has 0 amide bonds. The van der Waals surface area contributed by atoms with E-state index in [0.29, 0.717) is 5.84 Å². The molecular formula is C22H32BrFN6. The molecule has 0 radical (unpaired) electrons. The molecule has 2 aliphatic rings. The number of halogens is 2. The Hall–Kier alpha value is -1.77. The van der Waals surface area contributed by atoms with Crippen LogP contribution in [0.4, 0.5) is 4.39 Å². The molecule has 1 aromatic rings. The number of likely N-dealkylation sites (tertiary alicyclic amines) is 1. The second kappa shape index (κ2) is 11.6. The molecule has 2 aliphatic heterocycles. The number of nitrogens with two attached hydrogens (primary N) is 1. The van der Waals surface area contributed by atoms with Crippen LogP contribution in [-0.2, 0) is 0 Å². The average molecular weight is 479 g/mol. The molecule has 2 N–H and O–H groups in total. The molecule has 0 aliphatic carbocycles. The molecule has 1 aromatic carbocycles. The highest BCUT2D eigenvalue weighted by molar-refractivity contribution is 9.11. The van der Waals surface area contributed by atoms with E-state index >= 15 is 0 Å². The van der Waals surface area contributed by atoms with Gasteiger partial charge in [-0.2, -0.15) is 0 Å². The van der Waals surface area contributed by atoms with Crippen LogP contribution >= 0.6 is 15.9 Å². The smallest absolute Gasteiger partial charge is 0.137 e. The number of piperidine rings is 1. The molecule has 8 heteroatoms. The molecule has 2 fully saturated rings. The fourth-order valence-corrected chi connectivity index (χ4v) is 4.53. The van der Waals surface area contributed by atoms with Gasteiger partial charge in [-0.25, -0.2) is 14.4 Å². The lowest BCUT2D eigenvalue weighted by atomic mass is 10.0. The molecular weight excluding hydrogens is 447 g/mol. The van der Waals surface area contributed by atoms with Gasteiger partial charge in [0, 0.05) is 43.8 Å². The van der Waals surface area contributed by atoms with Crippen molar-refractivity contribution in [3.05, 3.63) is 46.5 Å². The van der Waals surface area contributed by atoms with Crippen LogP contribution in [0.15, 0.2) is 45.1 Å². The number of rotatable bonds is 7. The Morgan fingerprint density at radius 3 is 2.37 bits per heavy atom. The first-order valence-electron chi connectivity index (χ1n) is 10.7. The van der Waals surface area contributed by atoms with E-state index in [4.69, 9.17) is 5.73 Å². The number of nitrogens with zero attached hydrogens (tertiary/aromatic N) is 5. The van der Waals surface area contributed by atoms with E-state index in [1.807, 2.05) is 17.1 Å². The van der Waals surface area contributed by atoms with Crippen molar-refractivity contribution in [2.45, 2.75) is 32.2 Å². The lowest BCUT2D eigenvalue weighted by Crippen LogP contribution is -2.49. The predicted octanol–water partition coefficient (Wildman–Crippen LogP) is 3.57. The minimum Gasteiger partial charge on any atom is -0.387 e. The first kappa shape index (κ1) is 22.9. The lowest BCUT2D eigenvalue weighted by Gasteiger charge is -2.42. The van der Waals surface area contributed by atoms with E-state index in [1.165, 1.54) is 31.2 Å². The molecule has 0 bridgehead atoms. The maximum atomic E-state index is 13.5. The van der Waals surface area contributed by atoms with Crippen LogP contribution < -0.4 is 5.73 Å². The van der Waals surface area contributed by atoms with Gasteiger partial charge in [-0.05, 0) is 50.6 Å². The zero-order chi connectivity index (χ0) is 21.3. The number of piperazine rings is 1. The first-order valence-corrected chi connectivity index (χ1v) is 11.6. The van der Waals surface area contributed by atoms with Gasteiger partial charge >= 0.3 is 0 Å². The Balaban J connectivity index is 1.67. The highest BCUT2D eigenvalue weighted by atomic mass is 79.9. The number of benzene rings is 1. The highest BCUT2D eigenvalue weighted by Gasteiger charge is 2.28. The van der Waals surface area contributed by atoms with Crippen LogP contribution in [-0.4, -0.2) is 72.7 Å². The maximum Gasteiger partial charge on any atom is 0.137 e. The summed E-state index contributed by atoms with van der Waals surface area (Å²) in [5, 5.41) is 0. The third-order valence-electron chi connectivity index (χ3n) is 5.76. The van der Waals surface area contributed by atoms with Crippen molar-refractivity contribution >= 4 is 28.1 Å². The number of hydrogen-bond donors (Lipinski definition) is 1. The van der Waals surface area contributed by atoms with Crippen LogP contribution in [0.2, 0.25) is 0 Å². The third-order valence-corrected chi connectivity index (χ3v) is 6.17. The molecule has 0 aromatic heterocycles. The summed E-state index contributed by atoms with van der Waals surface area (Å²) < 4.78 is 13.5. The molecule has 164 valence electrons. The molecule has 30 heavy (non-hydrogen) atoms. The summed E-state index contributed by atoms with van der Waals surface area (Å²) in [5.74, 6) is 1.15. The summed E-state index contributed by atoms with van der Waals surface area (Å²) >= 11 is 3.42. The summed E-state index contributed by atoms with van der Waals surface area (Å²) in [6, 6.07) is 7.31. The minimum atomic E-state index is -0.180. The van der Waals surface area contributed by atoms with Crippen molar-refractivity contribution in [3.63, 3.8) is 0 Å². The van der Waals surface area contributed by atoms with E-state index in [-0.39, 0.29) is 11.9 Å². The Morgan fingerprint density at radius 1 is 1.10 bits per heavy atom. The minimum absolute atomic E-state index is 0.180. The van der Waals surface area contributed by atoms with Crippen molar-refractivity contribution in [1.82, 2.24) is 14.7 Å². The standard InChI is InChI=1S/C22H32BrFN6/c1-18(25)26-17-27-22(15-23)30-13-11-29(12-14-30)21(16-28-9-3-2-4-10-28)19-5-7-20(24)8-6-19/h5-8,15,17,21H,2-4,9-14,16H2,1H3,(H2,25,26,27)/b22-15-. The van der Waals surface area contributed by atoms with Crippen LogP contribution in [0, 0.1) is 5.82 Å².